The molecule has 1 aliphatic heterocycles. The van der Waals surface area contributed by atoms with Crippen LogP contribution in [0.5, 0.6) is 0 Å². The number of piperidine rings is 1. The lowest BCUT2D eigenvalue weighted by molar-refractivity contribution is -0.137. The molecule has 26 heavy (non-hydrogen) atoms. The molecule has 1 aromatic carbocycles. The van der Waals surface area contributed by atoms with Crippen molar-refractivity contribution < 1.29 is 22.0 Å². The van der Waals surface area contributed by atoms with E-state index in [2.05, 4.69) is 10.3 Å². The first kappa shape index (κ1) is 18.6. The summed E-state index contributed by atoms with van der Waals surface area (Å²) in [6, 6.07) is 6.43. The molecule has 0 amide bonds. The molecule has 8 heteroatoms. The van der Waals surface area contributed by atoms with Crippen LogP contribution < -0.4 is 10.2 Å². The number of rotatable bonds is 4. The third-order valence-corrected chi connectivity index (χ3v) is 4.47. The van der Waals surface area contributed by atoms with Gasteiger partial charge in [-0.2, -0.15) is 13.2 Å². The first-order valence-electron chi connectivity index (χ1n) is 8.28. The molecule has 0 spiro atoms. The molecule has 0 aliphatic carbocycles. The SMILES string of the molecule is Fc1ccc(CNC2CCN(c3ccc(C(F)(F)F)cn3)CC2)cc1F. The first-order valence-corrected chi connectivity index (χ1v) is 8.28. The lowest BCUT2D eigenvalue weighted by Crippen LogP contribution is -2.42. The molecule has 0 saturated carbocycles. The van der Waals surface area contributed by atoms with Crippen LogP contribution in [0.25, 0.3) is 0 Å². The molecule has 0 atom stereocenters. The summed E-state index contributed by atoms with van der Waals surface area (Å²) in [7, 11) is 0. The summed E-state index contributed by atoms with van der Waals surface area (Å²) in [5.74, 6) is -1.21. The first-order chi connectivity index (χ1) is 12.3. The van der Waals surface area contributed by atoms with E-state index in [-0.39, 0.29) is 6.04 Å². The minimum atomic E-state index is -4.39. The summed E-state index contributed by atoms with van der Waals surface area (Å²) in [6.45, 7) is 1.75. The summed E-state index contributed by atoms with van der Waals surface area (Å²) in [4.78, 5) is 5.85. The Bertz CT molecular complexity index is 737. The second-order valence-electron chi connectivity index (χ2n) is 6.29. The molecule has 0 radical (unpaired) electrons. The quantitative estimate of drug-likeness (QED) is 0.819. The molecule has 140 valence electrons. The van der Waals surface area contributed by atoms with Crippen molar-refractivity contribution in [3.63, 3.8) is 0 Å². The summed E-state index contributed by atoms with van der Waals surface area (Å²) in [5, 5.41) is 3.30. The lowest BCUT2D eigenvalue weighted by atomic mass is 10.0. The Labute approximate surface area is 147 Å². The zero-order chi connectivity index (χ0) is 18.7. The number of nitrogens with zero attached hydrogens (tertiary/aromatic N) is 2. The van der Waals surface area contributed by atoms with E-state index in [0.717, 1.165) is 31.2 Å². The van der Waals surface area contributed by atoms with Gasteiger partial charge in [0.2, 0.25) is 0 Å². The van der Waals surface area contributed by atoms with Crippen molar-refractivity contribution in [2.24, 2.45) is 0 Å². The van der Waals surface area contributed by atoms with Crippen LogP contribution in [-0.4, -0.2) is 24.1 Å². The van der Waals surface area contributed by atoms with Crippen LogP contribution in [0.3, 0.4) is 0 Å². The van der Waals surface area contributed by atoms with Crippen molar-refractivity contribution in [3.05, 3.63) is 59.3 Å². The van der Waals surface area contributed by atoms with Crippen molar-refractivity contribution in [2.45, 2.75) is 31.6 Å². The van der Waals surface area contributed by atoms with E-state index in [1.54, 1.807) is 0 Å². The van der Waals surface area contributed by atoms with Crippen molar-refractivity contribution in [1.82, 2.24) is 10.3 Å². The molecular weight excluding hydrogens is 353 g/mol. The second-order valence-corrected chi connectivity index (χ2v) is 6.29. The number of anilines is 1. The van der Waals surface area contributed by atoms with Crippen molar-refractivity contribution in [1.29, 1.82) is 0 Å². The minimum Gasteiger partial charge on any atom is -0.357 e. The Hall–Kier alpha value is -2.22. The molecule has 2 aromatic rings. The van der Waals surface area contributed by atoms with Crippen LogP contribution >= 0.6 is 0 Å². The highest BCUT2D eigenvalue weighted by molar-refractivity contribution is 5.40. The summed E-state index contributed by atoms with van der Waals surface area (Å²) in [6.07, 6.45) is -1.97. The molecule has 1 N–H and O–H groups in total. The van der Waals surface area contributed by atoms with Crippen molar-refractivity contribution >= 4 is 5.82 Å². The summed E-state index contributed by atoms with van der Waals surface area (Å²) in [5.41, 5.74) is -0.0972. The molecule has 2 heterocycles. The Morgan fingerprint density at radius 2 is 1.77 bits per heavy atom. The zero-order valence-electron chi connectivity index (χ0n) is 13.9. The van der Waals surface area contributed by atoms with E-state index >= 15 is 0 Å². The average Bonchev–Trinajstić information content (AvgIpc) is 2.62. The number of pyridine rings is 1. The van der Waals surface area contributed by atoms with Gasteiger partial charge in [-0.05, 0) is 42.7 Å². The normalized spacial score (nSPS) is 16.1. The average molecular weight is 371 g/mol. The Balaban J connectivity index is 1.50. The fraction of sp³-hybridized carbons (Fsp3) is 0.389. The number of benzene rings is 1. The van der Waals surface area contributed by atoms with E-state index in [0.29, 0.717) is 31.0 Å². The maximum absolute atomic E-state index is 13.2. The van der Waals surface area contributed by atoms with Gasteiger partial charge in [0.1, 0.15) is 5.82 Å². The van der Waals surface area contributed by atoms with E-state index in [1.165, 1.54) is 18.2 Å². The lowest BCUT2D eigenvalue weighted by Gasteiger charge is -2.33. The van der Waals surface area contributed by atoms with E-state index in [9.17, 15) is 22.0 Å². The van der Waals surface area contributed by atoms with E-state index in [4.69, 9.17) is 0 Å². The predicted octanol–water partition coefficient (Wildman–Crippen LogP) is 4.14. The highest BCUT2D eigenvalue weighted by atomic mass is 19.4. The van der Waals surface area contributed by atoms with Crippen LogP contribution in [0.1, 0.15) is 24.0 Å². The Morgan fingerprint density at radius 3 is 2.35 bits per heavy atom. The van der Waals surface area contributed by atoms with E-state index < -0.39 is 23.4 Å². The summed E-state index contributed by atoms with van der Waals surface area (Å²) >= 11 is 0. The van der Waals surface area contributed by atoms with Crippen molar-refractivity contribution in [3.8, 4) is 0 Å². The van der Waals surface area contributed by atoms with Gasteiger partial charge in [0.15, 0.2) is 11.6 Å². The molecule has 3 nitrogen and oxygen atoms in total. The molecule has 3 rings (SSSR count). The Kier molecular flexibility index (Phi) is 5.41. The molecule has 1 aromatic heterocycles. The van der Waals surface area contributed by atoms with Crippen LogP contribution in [0.15, 0.2) is 36.5 Å². The number of hydrogen-bond donors (Lipinski definition) is 1. The van der Waals surface area contributed by atoms with Gasteiger partial charge in [-0.15, -0.1) is 0 Å². The van der Waals surface area contributed by atoms with Crippen LogP contribution in [-0.2, 0) is 12.7 Å². The van der Waals surface area contributed by atoms with Gasteiger partial charge < -0.3 is 10.2 Å². The van der Waals surface area contributed by atoms with Gasteiger partial charge >= 0.3 is 6.18 Å². The highest BCUT2D eigenvalue weighted by Gasteiger charge is 2.31. The number of hydrogen-bond acceptors (Lipinski definition) is 3. The maximum Gasteiger partial charge on any atom is 0.417 e. The van der Waals surface area contributed by atoms with Gasteiger partial charge in [0.25, 0.3) is 0 Å². The summed E-state index contributed by atoms with van der Waals surface area (Å²) < 4.78 is 63.9. The van der Waals surface area contributed by atoms with Gasteiger partial charge in [-0.25, -0.2) is 13.8 Å². The number of halogens is 5. The Morgan fingerprint density at radius 1 is 1.04 bits per heavy atom. The fourth-order valence-electron chi connectivity index (χ4n) is 2.97. The van der Waals surface area contributed by atoms with Gasteiger partial charge in [0.05, 0.1) is 5.56 Å². The number of alkyl halides is 3. The van der Waals surface area contributed by atoms with Gasteiger partial charge in [-0.3, -0.25) is 0 Å². The smallest absolute Gasteiger partial charge is 0.357 e. The third-order valence-electron chi connectivity index (χ3n) is 4.47. The van der Waals surface area contributed by atoms with Crippen LogP contribution in [0.4, 0.5) is 27.8 Å². The monoisotopic (exact) mass is 371 g/mol. The highest BCUT2D eigenvalue weighted by Crippen LogP contribution is 2.29. The molecule has 0 bridgehead atoms. The van der Waals surface area contributed by atoms with E-state index in [1.807, 2.05) is 4.90 Å². The van der Waals surface area contributed by atoms with Gasteiger partial charge in [-0.1, -0.05) is 6.07 Å². The second kappa shape index (κ2) is 7.57. The number of nitrogens with one attached hydrogen (secondary N) is 1. The van der Waals surface area contributed by atoms with Gasteiger partial charge in [0, 0.05) is 31.9 Å². The van der Waals surface area contributed by atoms with Crippen molar-refractivity contribution in [2.75, 3.05) is 18.0 Å². The minimum absolute atomic E-state index is 0.203. The molecule has 1 aliphatic rings. The third kappa shape index (κ3) is 4.49. The molecule has 1 saturated heterocycles. The topological polar surface area (TPSA) is 28.2 Å². The molecule has 1 fully saturated rings. The standard InChI is InChI=1S/C18H18F5N3/c19-15-3-1-12(9-16(15)20)10-24-14-5-7-26(8-6-14)17-4-2-13(11-25-17)18(21,22)23/h1-4,9,11,14,24H,5-8,10H2. The predicted molar refractivity (Wildman–Crippen MR) is 87.7 cm³/mol. The fourth-order valence-corrected chi connectivity index (χ4v) is 2.97. The maximum atomic E-state index is 13.2. The molecular formula is C18H18F5N3. The van der Waals surface area contributed by atoms with Crippen LogP contribution in [0.2, 0.25) is 0 Å². The largest absolute Gasteiger partial charge is 0.417 e. The molecule has 0 unspecified atom stereocenters. The number of aromatic nitrogens is 1. The zero-order valence-corrected chi connectivity index (χ0v) is 13.9. The van der Waals surface area contributed by atoms with Crippen LogP contribution in [0, 0.1) is 11.6 Å².